The van der Waals surface area contributed by atoms with Crippen LogP contribution in [0.25, 0.3) is 0 Å². The van der Waals surface area contributed by atoms with Crippen molar-refractivity contribution in [2.45, 2.75) is 47.0 Å². The van der Waals surface area contributed by atoms with Crippen molar-refractivity contribution in [3.05, 3.63) is 0 Å². The van der Waals surface area contributed by atoms with Crippen molar-refractivity contribution in [3.63, 3.8) is 0 Å². The third kappa shape index (κ3) is 0.744. The molecule has 12 heavy (non-hydrogen) atoms. The van der Waals surface area contributed by atoms with Crippen molar-refractivity contribution < 1.29 is 0 Å². The first-order valence-corrected chi connectivity index (χ1v) is 5.63. The van der Waals surface area contributed by atoms with Crippen molar-refractivity contribution >= 4 is 0 Å². The highest BCUT2D eigenvalue weighted by molar-refractivity contribution is 5.10. The van der Waals surface area contributed by atoms with E-state index in [9.17, 15) is 0 Å². The number of hydrogen-bond acceptors (Lipinski definition) is 0. The standard InChI is InChI=1S/C12H22/c1-5-8(2)12-7-11(10(12)4)6-9(12)3/h8-11H,5-7H2,1-4H3. The number of fused-ring (bicyclic) bond motifs is 1. The van der Waals surface area contributed by atoms with Gasteiger partial charge in [-0.05, 0) is 41.9 Å². The second kappa shape index (κ2) is 2.49. The van der Waals surface area contributed by atoms with Gasteiger partial charge in [0, 0.05) is 0 Å². The van der Waals surface area contributed by atoms with E-state index in [1.165, 1.54) is 12.8 Å². The number of hydrogen-bond donors (Lipinski definition) is 0. The quantitative estimate of drug-likeness (QED) is 0.586. The highest BCUT2D eigenvalue weighted by Gasteiger charge is 2.62. The average Bonchev–Trinajstić information content (AvgIpc) is 2.53. The van der Waals surface area contributed by atoms with Crippen molar-refractivity contribution in [2.75, 3.05) is 0 Å². The van der Waals surface area contributed by atoms with E-state index in [0.717, 1.165) is 29.1 Å². The molecule has 0 saturated heterocycles. The summed E-state index contributed by atoms with van der Waals surface area (Å²) < 4.78 is 0. The molecule has 0 heteroatoms. The maximum absolute atomic E-state index is 2.49. The van der Waals surface area contributed by atoms with E-state index in [0.29, 0.717) is 0 Å². The molecule has 0 aromatic heterocycles. The Morgan fingerprint density at radius 3 is 2.42 bits per heavy atom. The lowest BCUT2D eigenvalue weighted by Gasteiger charge is -2.52. The van der Waals surface area contributed by atoms with E-state index in [-0.39, 0.29) is 0 Å². The molecule has 5 atom stereocenters. The molecular weight excluding hydrogens is 144 g/mol. The van der Waals surface area contributed by atoms with E-state index in [4.69, 9.17) is 0 Å². The highest BCUT2D eigenvalue weighted by Crippen LogP contribution is 2.69. The lowest BCUT2D eigenvalue weighted by molar-refractivity contribution is -0.0329. The van der Waals surface area contributed by atoms with Gasteiger partial charge in [0.1, 0.15) is 0 Å². The largest absolute Gasteiger partial charge is 0.0651 e. The van der Waals surface area contributed by atoms with E-state index in [2.05, 4.69) is 27.7 Å². The summed E-state index contributed by atoms with van der Waals surface area (Å²) in [5.41, 5.74) is 0.763. The molecule has 5 unspecified atom stereocenters. The zero-order valence-corrected chi connectivity index (χ0v) is 8.93. The Morgan fingerprint density at radius 2 is 2.08 bits per heavy atom. The highest BCUT2D eigenvalue weighted by atomic mass is 14.7. The molecule has 0 aliphatic heterocycles. The van der Waals surface area contributed by atoms with E-state index >= 15 is 0 Å². The molecule has 3 fully saturated rings. The molecule has 3 aliphatic rings. The molecule has 0 aromatic rings. The van der Waals surface area contributed by atoms with Crippen LogP contribution in [0, 0.1) is 29.1 Å². The van der Waals surface area contributed by atoms with Gasteiger partial charge in [-0.15, -0.1) is 0 Å². The fourth-order valence-corrected chi connectivity index (χ4v) is 4.22. The van der Waals surface area contributed by atoms with Gasteiger partial charge in [-0.3, -0.25) is 0 Å². The minimum absolute atomic E-state index is 0.763. The summed E-state index contributed by atoms with van der Waals surface area (Å²) in [7, 11) is 0. The van der Waals surface area contributed by atoms with Crippen LogP contribution in [0.3, 0.4) is 0 Å². The lowest BCUT2D eigenvalue weighted by Crippen LogP contribution is -2.45. The van der Waals surface area contributed by atoms with Gasteiger partial charge in [-0.1, -0.05) is 34.1 Å². The monoisotopic (exact) mass is 166 g/mol. The Labute approximate surface area is 76.7 Å². The Balaban J connectivity index is 2.20. The number of rotatable bonds is 2. The fraction of sp³-hybridized carbons (Fsp3) is 1.00. The van der Waals surface area contributed by atoms with Crippen LogP contribution in [-0.2, 0) is 0 Å². The van der Waals surface area contributed by atoms with Crippen molar-refractivity contribution in [2.24, 2.45) is 29.1 Å². The van der Waals surface area contributed by atoms with Gasteiger partial charge >= 0.3 is 0 Å². The third-order valence-electron chi connectivity index (χ3n) is 5.27. The molecule has 0 spiro atoms. The second-order valence-electron chi connectivity index (χ2n) is 5.31. The lowest BCUT2D eigenvalue weighted by atomic mass is 9.53. The Morgan fingerprint density at radius 1 is 1.42 bits per heavy atom. The predicted molar refractivity (Wildman–Crippen MR) is 52.9 cm³/mol. The summed E-state index contributed by atoms with van der Waals surface area (Å²) in [5, 5.41) is 0. The van der Waals surface area contributed by atoms with Crippen LogP contribution in [0.15, 0.2) is 0 Å². The topological polar surface area (TPSA) is 0 Å². The van der Waals surface area contributed by atoms with Gasteiger partial charge in [-0.2, -0.15) is 0 Å². The third-order valence-corrected chi connectivity index (χ3v) is 5.27. The van der Waals surface area contributed by atoms with Crippen LogP contribution in [-0.4, -0.2) is 0 Å². The Kier molecular flexibility index (Phi) is 1.79. The van der Waals surface area contributed by atoms with Crippen molar-refractivity contribution in [3.8, 4) is 0 Å². The Hall–Kier alpha value is 0. The summed E-state index contributed by atoms with van der Waals surface area (Å²) in [4.78, 5) is 0. The van der Waals surface area contributed by atoms with Crippen LogP contribution >= 0.6 is 0 Å². The summed E-state index contributed by atoms with van der Waals surface area (Å²) in [5.74, 6) is 4.09. The minimum atomic E-state index is 0.763. The predicted octanol–water partition coefficient (Wildman–Crippen LogP) is 3.71. The molecule has 0 heterocycles. The van der Waals surface area contributed by atoms with Crippen LogP contribution in [0.5, 0.6) is 0 Å². The normalized spacial score (nSPS) is 53.5. The van der Waals surface area contributed by atoms with Crippen LogP contribution < -0.4 is 0 Å². The zero-order valence-electron chi connectivity index (χ0n) is 8.93. The van der Waals surface area contributed by atoms with Gasteiger partial charge in [0.15, 0.2) is 0 Å². The van der Waals surface area contributed by atoms with E-state index in [1.807, 2.05) is 0 Å². The first-order chi connectivity index (χ1) is 5.63. The molecule has 3 rings (SSSR count). The van der Waals surface area contributed by atoms with Crippen LogP contribution in [0.2, 0.25) is 0 Å². The van der Waals surface area contributed by atoms with Gasteiger partial charge in [0.2, 0.25) is 0 Å². The van der Waals surface area contributed by atoms with Gasteiger partial charge in [0.05, 0.1) is 0 Å². The summed E-state index contributed by atoms with van der Waals surface area (Å²) in [6.07, 6.45) is 4.44. The minimum Gasteiger partial charge on any atom is -0.0651 e. The molecule has 3 aliphatic carbocycles. The molecule has 70 valence electrons. The smallest absolute Gasteiger partial charge is 0.0215 e. The second-order valence-corrected chi connectivity index (χ2v) is 5.31. The van der Waals surface area contributed by atoms with Gasteiger partial charge in [0.25, 0.3) is 0 Å². The molecule has 0 N–H and O–H groups in total. The zero-order chi connectivity index (χ0) is 8.93. The first kappa shape index (κ1) is 8.59. The maximum Gasteiger partial charge on any atom is -0.0215 e. The molecular formula is C12H22. The first-order valence-electron chi connectivity index (χ1n) is 5.63. The molecule has 0 radical (unpaired) electrons. The molecule has 0 aromatic carbocycles. The van der Waals surface area contributed by atoms with E-state index in [1.54, 1.807) is 6.42 Å². The fourth-order valence-electron chi connectivity index (χ4n) is 4.22. The van der Waals surface area contributed by atoms with Gasteiger partial charge < -0.3 is 0 Å². The molecule has 0 amide bonds. The molecule has 3 saturated carbocycles. The Bertz CT molecular complexity index is 178. The molecule has 0 nitrogen and oxygen atoms in total. The van der Waals surface area contributed by atoms with Crippen molar-refractivity contribution in [1.82, 2.24) is 0 Å². The SMILES string of the molecule is CCC(C)C12CC(CC1C)C2C. The maximum atomic E-state index is 2.49. The van der Waals surface area contributed by atoms with Crippen LogP contribution in [0.1, 0.15) is 47.0 Å². The summed E-state index contributed by atoms with van der Waals surface area (Å²) in [6, 6.07) is 0. The molecule has 2 bridgehead atoms. The average molecular weight is 166 g/mol. The van der Waals surface area contributed by atoms with Gasteiger partial charge in [-0.25, -0.2) is 0 Å². The summed E-state index contributed by atoms with van der Waals surface area (Å²) in [6.45, 7) is 9.79. The van der Waals surface area contributed by atoms with Crippen LogP contribution in [0.4, 0.5) is 0 Å². The van der Waals surface area contributed by atoms with Crippen molar-refractivity contribution in [1.29, 1.82) is 0 Å². The summed E-state index contributed by atoms with van der Waals surface area (Å²) >= 11 is 0. The van der Waals surface area contributed by atoms with E-state index < -0.39 is 0 Å².